The summed E-state index contributed by atoms with van der Waals surface area (Å²) in [6.45, 7) is 0. The van der Waals surface area contributed by atoms with Crippen LogP contribution in [0.2, 0.25) is 0 Å². The van der Waals surface area contributed by atoms with Gasteiger partial charge in [-0.2, -0.15) is 5.26 Å². The molecule has 1 aliphatic rings. The van der Waals surface area contributed by atoms with Crippen LogP contribution in [0.1, 0.15) is 31.2 Å². The summed E-state index contributed by atoms with van der Waals surface area (Å²) in [4.78, 5) is 0. The second-order valence-electron chi connectivity index (χ2n) is 4.82. The van der Waals surface area contributed by atoms with Crippen LogP contribution in [0, 0.1) is 11.3 Å². The van der Waals surface area contributed by atoms with Gasteiger partial charge >= 0.3 is 0 Å². The van der Waals surface area contributed by atoms with Crippen LogP contribution in [0.3, 0.4) is 0 Å². The number of ether oxygens (including phenoxy) is 1. The molecular weight excluding hydrogens is 246 g/mol. The van der Waals surface area contributed by atoms with Gasteiger partial charge in [-0.05, 0) is 49.0 Å². The zero-order chi connectivity index (χ0) is 14.2. The Labute approximate surface area is 120 Å². The van der Waals surface area contributed by atoms with E-state index in [1.807, 2.05) is 30.3 Å². The van der Waals surface area contributed by atoms with Gasteiger partial charge in [0, 0.05) is 6.08 Å². The molecule has 0 atom stereocenters. The maximum Gasteiger partial charge on any atom is 0.118 e. The molecule has 1 aliphatic carbocycles. The Hall–Kier alpha value is -2.27. The summed E-state index contributed by atoms with van der Waals surface area (Å²) in [7, 11) is 1.65. The molecule has 0 aliphatic heterocycles. The van der Waals surface area contributed by atoms with E-state index < -0.39 is 0 Å². The zero-order valence-electron chi connectivity index (χ0n) is 11.8. The minimum Gasteiger partial charge on any atom is -0.497 e. The Balaban J connectivity index is 2.18. The average molecular weight is 265 g/mol. The third-order valence-corrected chi connectivity index (χ3v) is 3.45. The SMILES string of the molecule is COc1ccc(C(=C\C#N)/C=C/C2=CCCCC2)cc1. The molecule has 0 radical (unpaired) electrons. The van der Waals surface area contributed by atoms with Crippen molar-refractivity contribution in [1.29, 1.82) is 5.26 Å². The molecule has 2 heteroatoms. The first-order chi connectivity index (χ1) is 9.83. The summed E-state index contributed by atoms with van der Waals surface area (Å²) in [5.41, 5.74) is 3.33. The lowest BCUT2D eigenvalue weighted by Crippen LogP contribution is -1.89. The van der Waals surface area contributed by atoms with Crippen molar-refractivity contribution in [2.45, 2.75) is 25.7 Å². The Morgan fingerprint density at radius 2 is 2.05 bits per heavy atom. The van der Waals surface area contributed by atoms with Gasteiger partial charge in [-0.25, -0.2) is 0 Å². The normalized spacial score (nSPS) is 15.8. The van der Waals surface area contributed by atoms with Crippen LogP contribution in [-0.2, 0) is 0 Å². The minimum atomic E-state index is 0.823. The van der Waals surface area contributed by atoms with Crippen molar-refractivity contribution < 1.29 is 4.74 Å². The molecule has 2 rings (SSSR count). The number of methoxy groups -OCH3 is 1. The van der Waals surface area contributed by atoms with Gasteiger partial charge in [-0.1, -0.05) is 35.9 Å². The molecule has 0 fully saturated rings. The first kappa shape index (κ1) is 14.1. The highest BCUT2D eigenvalue weighted by Gasteiger charge is 2.02. The van der Waals surface area contributed by atoms with E-state index in [0.717, 1.165) is 23.3 Å². The van der Waals surface area contributed by atoms with E-state index in [4.69, 9.17) is 10.00 Å². The molecule has 20 heavy (non-hydrogen) atoms. The second-order valence-corrected chi connectivity index (χ2v) is 4.82. The Morgan fingerprint density at radius 1 is 1.25 bits per heavy atom. The monoisotopic (exact) mass is 265 g/mol. The van der Waals surface area contributed by atoms with Crippen molar-refractivity contribution in [2.24, 2.45) is 0 Å². The van der Waals surface area contributed by atoms with Crippen LogP contribution >= 0.6 is 0 Å². The number of hydrogen-bond donors (Lipinski definition) is 0. The largest absolute Gasteiger partial charge is 0.497 e. The van der Waals surface area contributed by atoms with Crippen LogP contribution in [0.5, 0.6) is 5.75 Å². The molecule has 0 saturated heterocycles. The fraction of sp³-hybridized carbons (Fsp3) is 0.278. The van der Waals surface area contributed by atoms with Gasteiger partial charge in [-0.3, -0.25) is 0 Å². The van der Waals surface area contributed by atoms with Gasteiger partial charge in [0.1, 0.15) is 5.75 Å². The van der Waals surface area contributed by atoms with Gasteiger partial charge in [-0.15, -0.1) is 0 Å². The Kier molecular flexibility index (Phi) is 5.20. The van der Waals surface area contributed by atoms with E-state index in [-0.39, 0.29) is 0 Å². The summed E-state index contributed by atoms with van der Waals surface area (Å²) in [6, 6.07) is 9.89. The minimum absolute atomic E-state index is 0.823. The summed E-state index contributed by atoms with van der Waals surface area (Å²) in [6.07, 6.45) is 12.9. The maximum absolute atomic E-state index is 8.94. The van der Waals surface area contributed by atoms with Crippen LogP contribution in [0.4, 0.5) is 0 Å². The van der Waals surface area contributed by atoms with Gasteiger partial charge in [0.05, 0.1) is 13.2 Å². The van der Waals surface area contributed by atoms with Crippen LogP contribution in [-0.4, -0.2) is 7.11 Å². The zero-order valence-corrected chi connectivity index (χ0v) is 11.8. The van der Waals surface area contributed by atoms with Crippen molar-refractivity contribution >= 4 is 5.57 Å². The van der Waals surface area contributed by atoms with Gasteiger partial charge in [0.15, 0.2) is 0 Å². The number of hydrogen-bond acceptors (Lipinski definition) is 2. The van der Waals surface area contributed by atoms with Crippen LogP contribution in [0.15, 0.2) is 54.1 Å². The number of allylic oxidation sites excluding steroid dienone is 6. The topological polar surface area (TPSA) is 33.0 Å². The predicted octanol–water partition coefficient (Wildman–Crippen LogP) is 4.66. The van der Waals surface area contributed by atoms with E-state index in [1.54, 1.807) is 13.2 Å². The lowest BCUT2D eigenvalue weighted by molar-refractivity contribution is 0.415. The fourth-order valence-electron chi connectivity index (χ4n) is 2.29. The van der Waals surface area contributed by atoms with Gasteiger partial charge < -0.3 is 4.74 Å². The van der Waals surface area contributed by atoms with E-state index in [9.17, 15) is 0 Å². The lowest BCUT2D eigenvalue weighted by atomic mass is 9.97. The molecule has 2 nitrogen and oxygen atoms in total. The summed E-state index contributed by atoms with van der Waals surface area (Å²) >= 11 is 0. The summed E-state index contributed by atoms with van der Waals surface area (Å²) in [5.74, 6) is 0.823. The second kappa shape index (κ2) is 7.35. The molecule has 0 saturated carbocycles. The smallest absolute Gasteiger partial charge is 0.118 e. The first-order valence-electron chi connectivity index (χ1n) is 6.95. The highest BCUT2D eigenvalue weighted by Crippen LogP contribution is 2.23. The standard InChI is InChI=1S/C18H19NO/c1-20-18-11-9-16(10-12-18)17(13-14-19)8-7-15-5-3-2-4-6-15/h5,7-13H,2-4,6H2,1H3/b8-7+,17-13-. The maximum atomic E-state index is 8.94. The molecule has 0 N–H and O–H groups in total. The molecular formula is C18H19NO. The van der Waals surface area contributed by atoms with Crippen LogP contribution in [0.25, 0.3) is 5.57 Å². The number of benzene rings is 1. The number of rotatable bonds is 4. The molecule has 0 amide bonds. The Morgan fingerprint density at radius 3 is 2.65 bits per heavy atom. The molecule has 0 heterocycles. The van der Waals surface area contributed by atoms with Crippen molar-refractivity contribution in [3.8, 4) is 11.8 Å². The summed E-state index contributed by atoms with van der Waals surface area (Å²) in [5, 5.41) is 8.94. The third-order valence-electron chi connectivity index (χ3n) is 3.45. The number of nitriles is 1. The van der Waals surface area contributed by atoms with Crippen molar-refractivity contribution in [2.75, 3.05) is 7.11 Å². The van der Waals surface area contributed by atoms with Crippen molar-refractivity contribution in [1.82, 2.24) is 0 Å². The van der Waals surface area contributed by atoms with Crippen molar-refractivity contribution in [3.63, 3.8) is 0 Å². The predicted molar refractivity (Wildman–Crippen MR) is 82.3 cm³/mol. The average Bonchev–Trinajstić information content (AvgIpc) is 2.52. The lowest BCUT2D eigenvalue weighted by Gasteiger charge is -2.09. The summed E-state index contributed by atoms with van der Waals surface area (Å²) < 4.78 is 5.15. The molecule has 0 unspecified atom stereocenters. The third kappa shape index (κ3) is 3.86. The van der Waals surface area contributed by atoms with Crippen LogP contribution < -0.4 is 4.74 Å². The van der Waals surface area contributed by atoms with E-state index in [2.05, 4.69) is 18.2 Å². The van der Waals surface area contributed by atoms with Crippen molar-refractivity contribution in [3.05, 3.63) is 59.7 Å². The van der Waals surface area contributed by atoms with Gasteiger partial charge in [0.2, 0.25) is 0 Å². The highest BCUT2D eigenvalue weighted by atomic mass is 16.5. The highest BCUT2D eigenvalue weighted by molar-refractivity contribution is 5.76. The van der Waals surface area contributed by atoms with Gasteiger partial charge in [0.25, 0.3) is 0 Å². The Bertz CT molecular complexity index is 570. The molecule has 102 valence electrons. The van der Waals surface area contributed by atoms with E-state index in [1.165, 1.54) is 24.8 Å². The molecule has 0 bridgehead atoms. The van der Waals surface area contributed by atoms with E-state index >= 15 is 0 Å². The molecule has 0 aromatic heterocycles. The molecule has 1 aromatic carbocycles. The quantitative estimate of drug-likeness (QED) is 0.586. The fourth-order valence-corrected chi connectivity index (χ4v) is 2.29. The molecule has 1 aromatic rings. The number of nitrogens with zero attached hydrogens (tertiary/aromatic N) is 1. The van der Waals surface area contributed by atoms with E-state index in [0.29, 0.717) is 0 Å². The molecule has 0 spiro atoms. The first-order valence-corrected chi connectivity index (χ1v) is 6.95.